The summed E-state index contributed by atoms with van der Waals surface area (Å²) in [6.07, 6.45) is 3.31. The summed E-state index contributed by atoms with van der Waals surface area (Å²) in [6, 6.07) is 7.57. The molecule has 21 heavy (non-hydrogen) atoms. The lowest BCUT2D eigenvalue weighted by atomic mass is 10.1. The molecule has 0 spiro atoms. The Kier molecular flexibility index (Phi) is 5.95. The lowest BCUT2D eigenvalue weighted by Crippen LogP contribution is -2.05. The predicted octanol–water partition coefficient (Wildman–Crippen LogP) is 3.39. The van der Waals surface area contributed by atoms with Crippen molar-refractivity contribution in [3.63, 3.8) is 0 Å². The fourth-order valence-corrected chi connectivity index (χ4v) is 1.98. The molecule has 1 heterocycles. The van der Waals surface area contributed by atoms with E-state index >= 15 is 0 Å². The summed E-state index contributed by atoms with van der Waals surface area (Å²) in [5, 5.41) is 12.0. The number of hydrogen-bond acceptors (Lipinski definition) is 5. The highest BCUT2D eigenvalue weighted by Gasteiger charge is 2.07. The van der Waals surface area contributed by atoms with Crippen molar-refractivity contribution in [1.29, 1.82) is 0 Å². The summed E-state index contributed by atoms with van der Waals surface area (Å²) in [7, 11) is 0. The van der Waals surface area contributed by atoms with E-state index in [4.69, 9.17) is 9.84 Å². The minimum atomic E-state index is 0.143. The molecule has 0 radical (unpaired) electrons. The number of rotatable bonds is 7. The third-order valence-electron chi connectivity index (χ3n) is 2.78. The highest BCUT2D eigenvalue weighted by molar-refractivity contribution is 9.10. The van der Waals surface area contributed by atoms with E-state index in [1.165, 1.54) is 0 Å². The zero-order valence-corrected chi connectivity index (χ0v) is 13.4. The normalized spacial score (nSPS) is 10.4. The van der Waals surface area contributed by atoms with Crippen LogP contribution in [0, 0.1) is 0 Å². The van der Waals surface area contributed by atoms with Crippen LogP contribution in [-0.4, -0.2) is 28.2 Å². The summed E-state index contributed by atoms with van der Waals surface area (Å²) in [6.45, 7) is 3.04. The Hall–Kier alpha value is -1.66. The van der Waals surface area contributed by atoms with Gasteiger partial charge >= 0.3 is 0 Å². The predicted molar refractivity (Wildman–Crippen MR) is 85.8 cm³/mol. The highest BCUT2D eigenvalue weighted by Crippen LogP contribution is 2.28. The van der Waals surface area contributed by atoms with Crippen LogP contribution in [0.4, 0.5) is 5.95 Å². The first-order valence-electron chi connectivity index (χ1n) is 6.87. The minimum absolute atomic E-state index is 0.143. The molecule has 2 N–H and O–H groups in total. The topological polar surface area (TPSA) is 67.3 Å². The molecule has 2 rings (SSSR count). The third kappa shape index (κ3) is 4.68. The Morgan fingerprint density at radius 2 is 2.05 bits per heavy atom. The van der Waals surface area contributed by atoms with Gasteiger partial charge in [0.2, 0.25) is 11.8 Å². The van der Waals surface area contributed by atoms with E-state index in [-0.39, 0.29) is 6.61 Å². The van der Waals surface area contributed by atoms with Crippen molar-refractivity contribution in [1.82, 2.24) is 9.97 Å². The zero-order valence-electron chi connectivity index (χ0n) is 11.8. The van der Waals surface area contributed by atoms with E-state index < -0.39 is 0 Å². The third-order valence-corrected chi connectivity index (χ3v) is 3.33. The van der Waals surface area contributed by atoms with E-state index in [2.05, 4.69) is 38.1 Å². The van der Waals surface area contributed by atoms with Gasteiger partial charge in [-0.05, 0) is 46.5 Å². The quantitative estimate of drug-likeness (QED) is 0.800. The maximum absolute atomic E-state index is 8.90. The second-order valence-electron chi connectivity index (χ2n) is 4.49. The average Bonchev–Trinajstić information content (AvgIpc) is 2.50. The van der Waals surface area contributed by atoms with Crippen LogP contribution in [0.5, 0.6) is 11.6 Å². The Labute approximate surface area is 132 Å². The second kappa shape index (κ2) is 7.95. The van der Waals surface area contributed by atoms with Gasteiger partial charge in [0.25, 0.3) is 0 Å². The monoisotopic (exact) mass is 351 g/mol. The molecule has 0 amide bonds. The fourth-order valence-electron chi connectivity index (χ4n) is 1.71. The van der Waals surface area contributed by atoms with Crippen molar-refractivity contribution in [2.75, 3.05) is 18.5 Å². The molecule has 0 saturated heterocycles. The van der Waals surface area contributed by atoms with E-state index in [1.807, 2.05) is 24.3 Å². The van der Waals surface area contributed by atoms with Crippen molar-refractivity contribution in [2.45, 2.75) is 19.8 Å². The molecule has 2 aromatic rings. The number of aliphatic hydroxyl groups excluding tert-OH is 1. The first-order valence-corrected chi connectivity index (χ1v) is 7.66. The molecule has 5 nitrogen and oxygen atoms in total. The van der Waals surface area contributed by atoms with Gasteiger partial charge < -0.3 is 15.2 Å². The van der Waals surface area contributed by atoms with Crippen molar-refractivity contribution in [3.05, 3.63) is 40.5 Å². The Morgan fingerprint density at radius 1 is 1.29 bits per heavy atom. The number of aromatic nitrogens is 2. The molecular formula is C15H18BrN3O2. The molecule has 0 atom stereocenters. The first-order chi connectivity index (χ1) is 10.2. The molecule has 0 saturated carbocycles. The van der Waals surface area contributed by atoms with Crippen molar-refractivity contribution < 1.29 is 9.84 Å². The molecule has 0 unspecified atom stereocenters. The summed E-state index contributed by atoms with van der Waals surface area (Å²) in [5.41, 5.74) is 1.07. The van der Waals surface area contributed by atoms with Gasteiger partial charge in [-0.15, -0.1) is 0 Å². The molecule has 0 fully saturated rings. The van der Waals surface area contributed by atoms with Gasteiger partial charge in [-0.25, -0.2) is 4.98 Å². The minimum Gasteiger partial charge on any atom is -0.438 e. The SMILES string of the molecule is CCCNc1ncc(Br)c(Oc2ccc(CCO)cc2)n1. The smallest absolute Gasteiger partial charge is 0.238 e. The van der Waals surface area contributed by atoms with Crippen LogP contribution in [0.15, 0.2) is 34.9 Å². The standard InChI is InChI=1S/C15H18BrN3O2/c1-2-8-17-15-18-10-13(16)14(19-15)21-12-5-3-11(4-6-12)7-9-20/h3-6,10,20H,2,7-9H2,1H3,(H,17,18,19). The van der Waals surface area contributed by atoms with Crippen LogP contribution >= 0.6 is 15.9 Å². The number of anilines is 1. The molecule has 0 aliphatic carbocycles. The van der Waals surface area contributed by atoms with Gasteiger partial charge in [0.05, 0.1) is 10.7 Å². The Balaban J connectivity index is 2.10. The van der Waals surface area contributed by atoms with E-state index in [1.54, 1.807) is 6.20 Å². The molecule has 1 aromatic heterocycles. The van der Waals surface area contributed by atoms with Crippen molar-refractivity contribution in [2.24, 2.45) is 0 Å². The number of nitrogens with one attached hydrogen (secondary N) is 1. The maximum atomic E-state index is 8.90. The van der Waals surface area contributed by atoms with Crippen LogP contribution in [0.25, 0.3) is 0 Å². The molecule has 112 valence electrons. The average molecular weight is 352 g/mol. The van der Waals surface area contributed by atoms with E-state index in [9.17, 15) is 0 Å². The van der Waals surface area contributed by atoms with Crippen LogP contribution in [0.3, 0.4) is 0 Å². The van der Waals surface area contributed by atoms with Gasteiger partial charge in [0.1, 0.15) is 5.75 Å². The van der Waals surface area contributed by atoms with Gasteiger partial charge in [-0.3, -0.25) is 0 Å². The zero-order chi connectivity index (χ0) is 15.1. The van der Waals surface area contributed by atoms with Crippen LogP contribution < -0.4 is 10.1 Å². The van der Waals surface area contributed by atoms with E-state index in [0.717, 1.165) is 18.5 Å². The molecular weight excluding hydrogens is 334 g/mol. The van der Waals surface area contributed by atoms with Crippen LogP contribution in [0.2, 0.25) is 0 Å². The molecule has 6 heteroatoms. The van der Waals surface area contributed by atoms with Gasteiger partial charge in [-0.2, -0.15) is 4.98 Å². The molecule has 0 bridgehead atoms. The molecule has 0 aliphatic heterocycles. The summed E-state index contributed by atoms with van der Waals surface area (Å²) in [5.74, 6) is 1.71. The van der Waals surface area contributed by atoms with Crippen LogP contribution in [-0.2, 0) is 6.42 Å². The summed E-state index contributed by atoms with van der Waals surface area (Å²) < 4.78 is 6.46. The number of halogens is 1. The lowest BCUT2D eigenvalue weighted by molar-refractivity contribution is 0.299. The summed E-state index contributed by atoms with van der Waals surface area (Å²) in [4.78, 5) is 8.51. The summed E-state index contributed by atoms with van der Waals surface area (Å²) >= 11 is 3.38. The molecule has 1 aromatic carbocycles. The highest BCUT2D eigenvalue weighted by atomic mass is 79.9. The largest absolute Gasteiger partial charge is 0.438 e. The first kappa shape index (κ1) is 15.7. The second-order valence-corrected chi connectivity index (χ2v) is 5.35. The van der Waals surface area contributed by atoms with Gasteiger partial charge in [0, 0.05) is 13.2 Å². The Morgan fingerprint density at radius 3 is 2.71 bits per heavy atom. The number of ether oxygens (including phenoxy) is 1. The fraction of sp³-hybridized carbons (Fsp3) is 0.333. The van der Waals surface area contributed by atoms with Crippen molar-refractivity contribution >= 4 is 21.9 Å². The Bertz CT molecular complexity index is 576. The molecule has 0 aliphatic rings. The van der Waals surface area contributed by atoms with Gasteiger partial charge in [-0.1, -0.05) is 19.1 Å². The van der Waals surface area contributed by atoms with Crippen molar-refractivity contribution in [3.8, 4) is 11.6 Å². The van der Waals surface area contributed by atoms with Crippen LogP contribution in [0.1, 0.15) is 18.9 Å². The number of benzene rings is 1. The van der Waals surface area contributed by atoms with Gasteiger partial charge in [0.15, 0.2) is 0 Å². The lowest BCUT2D eigenvalue weighted by Gasteiger charge is -2.09. The number of hydrogen-bond donors (Lipinski definition) is 2. The maximum Gasteiger partial charge on any atom is 0.238 e. The number of aliphatic hydroxyl groups is 1. The number of nitrogens with zero attached hydrogens (tertiary/aromatic N) is 2. The van der Waals surface area contributed by atoms with E-state index in [0.29, 0.717) is 28.5 Å².